The van der Waals surface area contributed by atoms with Crippen molar-refractivity contribution in [3.05, 3.63) is 51.7 Å². The van der Waals surface area contributed by atoms with Crippen LogP contribution in [0.3, 0.4) is 0 Å². The minimum Gasteiger partial charge on any atom is -0.493 e. The van der Waals surface area contributed by atoms with Crippen molar-refractivity contribution in [3.63, 3.8) is 0 Å². The molecule has 1 aromatic heterocycles. The van der Waals surface area contributed by atoms with E-state index in [2.05, 4.69) is 0 Å². The van der Waals surface area contributed by atoms with Crippen LogP contribution in [0.2, 0.25) is 0 Å². The first-order chi connectivity index (χ1) is 9.90. The molecule has 1 atom stereocenters. The lowest BCUT2D eigenvalue weighted by Crippen LogP contribution is -2.18. The summed E-state index contributed by atoms with van der Waals surface area (Å²) < 4.78 is 42.9. The van der Waals surface area contributed by atoms with Gasteiger partial charge < -0.3 is 10.5 Å². The van der Waals surface area contributed by atoms with Gasteiger partial charge in [-0.15, -0.1) is 11.3 Å². The zero-order valence-electron chi connectivity index (χ0n) is 11.5. The average molecular weight is 315 g/mol. The first-order valence-corrected chi connectivity index (χ1v) is 7.28. The second-order valence-corrected chi connectivity index (χ2v) is 6.03. The molecule has 114 valence electrons. The van der Waals surface area contributed by atoms with Gasteiger partial charge in [0.05, 0.1) is 12.2 Å². The molecule has 0 aliphatic heterocycles. The molecule has 0 amide bonds. The Labute approximate surface area is 125 Å². The van der Waals surface area contributed by atoms with Crippen molar-refractivity contribution in [3.8, 4) is 5.75 Å². The molecule has 0 saturated heterocycles. The van der Waals surface area contributed by atoms with E-state index in [4.69, 9.17) is 10.5 Å². The minimum absolute atomic E-state index is 0.0472. The van der Waals surface area contributed by atoms with E-state index >= 15 is 0 Å². The molecule has 0 bridgehead atoms. The number of nitrogens with two attached hydrogens (primary N) is 1. The smallest absolute Gasteiger partial charge is 0.416 e. The number of benzene rings is 1. The maximum absolute atomic E-state index is 12.5. The largest absolute Gasteiger partial charge is 0.493 e. The Bertz CT molecular complexity index is 577. The Balaban J connectivity index is 1.98. The van der Waals surface area contributed by atoms with Crippen LogP contribution in [0.1, 0.15) is 21.2 Å². The van der Waals surface area contributed by atoms with Crippen LogP contribution in [0.25, 0.3) is 0 Å². The van der Waals surface area contributed by atoms with Gasteiger partial charge in [-0.2, -0.15) is 13.2 Å². The highest BCUT2D eigenvalue weighted by Gasteiger charge is 2.30. The van der Waals surface area contributed by atoms with E-state index in [1.807, 2.05) is 19.1 Å². The molecule has 0 radical (unpaired) electrons. The number of halogens is 3. The lowest BCUT2D eigenvalue weighted by molar-refractivity contribution is -0.137. The van der Waals surface area contributed by atoms with Crippen molar-refractivity contribution in [2.24, 2.45) is 5.73 Å². The highest BCUT2D eigenvalue weighted by atomic mass is 32.1. The maximum atomic E-state index is 12.5. The second-order valence-electron chi connectivity index (χ2n) is 4.71. The molecule has 2 N–H and O–H groups in total. The number of rotatable bonds is 5. The van der Waals surface area contributed by atoms with Crippen LogP contribution in [0.4, 0.5) is 13.2 Å². The summed E-state index contributed by atoms with van der Waals surface area (Å²) in [4.78, 5) is 2.32. The Morgan fingerprint density at radius 1 is 1.14 bits per heavy atom. The molecule has 2 nitrogen and oxygen atoms in total. The highest BCUT2D eigenvalue weighted by Crippen LogP contribution is 2.30. The number of alkyl halides is 3. The summed E-state index contributed by atoms with van der Waals surface area (Å²) in [5, 5.41) is 0. The lowest BCUT2D eigenvalue weighted by Gasteiger charge is -2.15. The fraction of sp³-hybridized carbons (Fsp3) is 0.333. The molecule has 0 aliphatic rings. The highest BCUT2D eigenvalue weighted by molar-refractivity contribution is 7.12. The summed E-state index contributed by atoms with van der Waals surface area (Å²) >= 11 is 1.65. The van der Waals surface area contributed by atoms with Gasteiger partial charge in [-0.25, -0.2) is 0 Å². The third kappa shape index (κ3) is 4.22. The van der Waals surface area contributed by atoms with E-state index in [0.29, 0.717) is 18.9 Å². The second kappa shape index (κ2) is 6.49. The van der Waals surface area contributed by atoms with Crippen molar-refractivity contribution >= 4 is 11.3 Å². The number of aryl methyl sites for hydroxylation is 1. The van der Waals surface area contributed by atoms with Crippen molar-refractivity contribution in [1.82, 2.24) is 0 Å². The first kappa shape index (κ1) is 15.9. The fourth-order valence-corrected chi connectivity index (χ4v) is 2.85. The Kier molecular flexibility index (Phi) is 4.90. The normalized spacial score (nSPS) is 13.2. The van der Waals surface area contributed by atoms with E-state index in [1.54, 1.807) is 11.3 Å². The van der Waals surface area contributed by atoms with E-state index in [9.17, 15) is 13.2 Å². The Hall–Kier alpha value is -1.53. The summed E-state index contributed by atoms with van der Waals surface area (Å²) in [7, 11) is 0. The van der Waals surface area contributed by atoms with E-state index in [-0.39, 0.29) is 5.92 Å². The maximum Gasteiger partial charge on any atom is 0.416 e. The van der Waals surface area contributed by atoms with Crippen molar-refractivity contribution in [2.75, 3.05) is 13.2 Å². The molecule has 21 heavy (non-hydrogen) atoms. The van der Waals surface area contributed by atoms with Crippen LogP contribution in [0, 0.1) is 6.92 Å². The van der Waals surface area contributed by atoms with Gasteiger partial charge in [-0.3, -0.25) is 0 Å². The van der Waals surface area contributed by atoms with Crippen LogP contribution in [0.15, 0.2) is 36.4 Å². The van der Waals surface area contributed by atoms with Gasteiger partial charge in [0, 0.05) is 22.2 Å². The van der Waals surface area contributed by atoms with Crippen molar-refractivity contribution < 1.29 is 17.9 Å². The average Bonchev–Trinajstić information content (AvgIpc) is 2.86. The molecule has 6 heteroatoms. The molecule has 1 unspecified atom stereocenters. The third-order valence-electron chi connectivity index (χ3n) is 3.08. The molecule has 0 saturated carbocycles. The van der Waals surface area contributed by atoms with Gasteiger partial charge in [0.1, 0.15) is 5.75 Å². The van der Waals surface area contributed by atoms with E-state index in [0.717, 1.165) is 17.0 Å². The molecular weight excluding hydrogens is 299 g/mol. The molecule has 0 fully saturated rings. The molecule has 1 heterocycles. The van der Waals surface area contributed by atoms with E-state index < -0.39 is 11.7 Å². The molecule has 2 aromatic rings. The van der Waals surface area contributed by atoms with Crippen LogP contribution in [0.5, 0.6) is 5.75 Å². The number of hydrogen-bond donors (Lipinski definition) is 1. The number of ether oxygens (including phenoxy) is 1. The van der Waals surface area contributed by atoms with Gasteiger partial charge >= 0.3 is 6.18 Å². The summed E-state index contributed by atoms with van der Waals surface area (Å²) in [6.07, 6.45) is -4.33. The quantitative estimate of drug-likeness (QED) is 0.897. The Morgan fingerprint density at radius 2 is 1.81 bits per heavy atom. The van der Waals surface area contributed by atoms with Crippen LogP contribution in [-0.4, -0.2) is 13.2 Å². The zero-order chi connectivity index (χ0) is 15.5. The zero-order valence-corrected chi connectivity index (χ0v) is 12.3. The predicted octanol–water partition coefficient (Wildman–Crippen LogP) is 4.20. The van der Waals surface area contributed by atoms with Crippen LogP contribution >= 0.6 is 11.3 Å². The summed E-state index contributed by atoms with van der Waals surface area (Å²) in [6, 6.07) is 8.71. The summed E-state index contributed by atoms with van der Waals surface area (Å²) in [5.74, 6) is 0.459. The predicted molar refractivity (Wildman–Crippen MR) is 77.8 cm³/mol. The SMILES string of the molecule is Cc1ccc(C(CN)COc2ccc(C(F)(F)F)cc2)s1. The first-order valence-electron chi connectivity index (χ1n) is 6.46. The minimum atomic E-state index is -4.33. The van der Waals surface area contributed by atoms with Crippen molar-refractivity contribution in [2.45, 2.75) is 19.0 Å². The van der Waals surface area contributed by atoms with Crippen LogP contribution < -0.4 is 10.5 Å². The van der Waals surface area contributed by atoms with Crippen molar-refractivity contribution in [1.29, 1.82) is 0 Å². The molecule has 1 aromatic carbocycles. The molecule has 2 rings (SSSR count). The molecule has 0 aliphatic carbocycles. The summed E-state index contributed by atoms with van der Waals surface area (Å²) in [6.45, 7) is 2.79. The Morgan fingerprint density at radius 3 is 2.29 bits per heavy atom. The van der Waals surface area contributed by atoms with Gasteiger partial charge in [0.15, 0.2) is 0 Å². The molecular formula is C15H16F3NOS. The lowest BCUT2D eigenvalue weighted by atomic mass is 10.1. The van der Waals surface area contributed by atoms with Crippen LogP contribution in [-0.2, 0) is 6.18 Å². The van der Waals surface area contributed by atoms with Gasteiger partial charge in [-0.05, 0) is 43.3 Å². The monoisotopic (exact) mass is 315 g/mol. The topological polar surface area (TPSA) is 35.2 Å². The number of hydrogen-bond acceptors (Lipinski definition) is 3. The third-order valence-corrected chi connectivity index (χ3v) is 4.24. The number of thiophene rings is 1. The van der Waals surface area contributed by atoms with Gasteiger partial charge in [0.25, 0.3) is 0 Å². The standard InChI is InChI=1S/C15H16F3NOS/c1-10-2-7-14(21-10)11(8-19)9-20-13-5-3-12(4-6-13)15(16,17)18/h2-7,11H,8-9,19H2,1H3. The molecule has 0 spiro atoms. The van der Waals surface area contributed by atoms with E-state index in [1.165, 1.54) is 17.0 Å². The summed E-state index contributed by atoms with van der Waals surface area (Å²) in [5.41, 5.74) is 5.06. The fourth-order valence-electron chi connectivity index (χ4n) is 1.88. The van der Waals surface area contributed by atoms with Gasteiger partial charge in [0.2, 0.25) is 0 Å². The van der Waals surface area contributed by atoms with Gasteiger partial charge in [-0.1, -0.05) is 0 Å².